The number of carbonyl (C=O) groups excluding carboxylic acids is 1. The van der Waals surface area contributed by atoms with Crippen molar-refractivity contribution in [2.45, 2.75) is 25.8 Å². The molecule has 1 atom stereocenters. The van der Waals surface area contributed by atoms with E-state index in [9.17, 15) is 26.7 Å². The quantitative estimate of drug-likeness (QED) is 0.506. The second-order valence-electron chi connectivity index (χ2n) is 4.01. The van der Waals surface area contributed by atoms with Crippen LogP contribution in [0.4, 0.5) is 27.6 Å². The molecule has 0 radical (unpaired) electrons. The van der Waals surface area contributed by atoms with Crippen molar-refractivity contribution in [1.29, 1.82) is 0 Å². The normalized spacial score (nSPS) is 12.4. The SMILES string of the molecule is CC(N)CCC(=O)Nc1c(F)c(F)c(F)c(F)c1F. The third-order valence-electron chi connectivity index (χ3n) is 2.30. The summed E-state index contributed by atoms with van der Waals surface area (Å²) in [5.74, 6) is -11.5. The fourth-order valence-corrected chi connectivity index (χ4v) is 1.28. The third-order valence-corrected chi connectivity index (χ3v) is 2.30. The van der Waals surface area contributed by atoms with Crippen LogP contribution in [0.15, 0.2) is 0 Å². The van der Waals surface area contributed by atoms with Crippen LogP contribution in [-0.4, -0.2) is 11.9 Å². The molecular weight excluding hydrogens is 271 g/mol. The number of hydrogen-bond acceptors (Lipinski definition) is 2. The summed E-state index contributed by atoms with van der Waals surface area (Å²) in [7, 11) is 0. The molecule has 8 heteroatoms. The van der Waals surface area contributed by atoms with Crippen molar-refractivity contribution < 1.29 is 26.7 Å². The summed E-state index contributed by atoms with van der Waals surface area (Å²) < 4.78 is 64.8. The summed E-state index contributed by atoms with van der Waals surface area (Å²) in [6.45, 7) is 1.60. The Labute approximate surface area is 105 Å². The molecular formula is C11H11F5N2O. The molecule has 106 valence electrons. The molecule has 0 aliphatic carbocycles. The van der Waals surface area contributed by atoms with E-state index in [1.165, 1.54) is 0 Å². The Bertz CT molecular complexity index is 475. The van der Waals surface area contributed by atoms with Crippen LogP contribution < -0.4 is 11.1 Å². The van der Waals surface area contributed by atoms with Crippen LogP contribution in [0.25, 0.3) is 0 Å². The van der Waals surface area contributed by atoms with Crippen molar-refractivity contribution >= 4 is 11.6 Å². The Kier molecular flexibility index (Phi) is 4.82. The van der Waals surface area contributed by atoms with E-state index >= 15 is 0 Å². The topological polar surface area (TPSA) is 55.1 Å². The van der Waals surface area contributed by atoms with Crippen LogP contribution in [0.1, 0.15) is 19.8 Å². The molecule has 0 saturated carbocycles. The van der Waals surface area contributed by atoms with Gasteiger partial charge in [0.2, 0.25) is 11.7 Å². The highest BCUT2D eigenvalue weighted by Crippen LogP contribution is 2.27. The first-order valence-electron chi connectivity index (χ1n) is 5.32. The molecule has 0 saturated heterocycles. The van der Waals surface area contributed by atoms with Crippen molar-refractivity contribution in [2.75, 3.05) is 5.32 Å². The summed E-state index contributed by atoms with van der Waals surface area (Å²) in [6, 6.07) is -0.331. The standard InChI is InChI=1S/C11H11F5N2O/c1-4(17)2-3-5(19)18-11-9(15)7(13)6(12)8(14)10(11)16/h4H,2-3,17H2,1H3,(H,18,19). The number of anilines is 1. The van der Waals surface area contributed by atoms with Gasteiger partial charge in [0.15, 0.2) is 23.3 Å². The first kappa shape index (κ1) is 15.4. The first-order valence-corrected chi connectivity index (χ1v) is 5.32. The maximum absolute atomic E-state index is 13.2. The smallest absolute Gasteiger partial charge is 0.224 e. The molecule has 0 aromatic heterocycles. The molecule has 0 fully saturated rings. The number of amides is 1. The zero-order chi connectivity index (χ0) is 14.7. The molecule has 0 aliphatic heterocycles. The van der Waals surface area contributed by atoms with Gasteiger partial charge in [0.1, 0.15) is 5.69 Å². The van der Waals surface area contributed by atoms with Gasteiger partial charge in [0.05, 0.1) is 0 Å². The van der Waals surface area contributed by atoms with Crippen molar-refractivity contribution in [2.24, 2.45) is 5.73 Å². The maximum Gasteiger partial charge on any atom is 0.224 e. The predicted octanol–water partition coefficient (Wildman–Crippen LogP) is 2.45. The fraction of sp³-hybridized carbons (Fsp3) is 0.364. The number of nitrogens with two attached hydrogens (primary N) is 1. The number of nitrogens with one attached hydrogen (secondary N) is 1. The van der Waals surface area contributed by atoms with Gasteiger partial charge in [0.25, 0.3) is 0 Å². The Hall–Kier alpha value is -1.70. The average Bonchev–Trinajstić information content (AvgIpc) is 2.36. The Morgan fingerprint density at radius 2 is 1.47 bits per heavy atom. The number of rotatable bonds is 4. The van der Waals surface area contributed by atoms with Gasteiger partial charge in [-0.15, -0.1) is 0 Å². The largest absolute Gasteiger partial charge is 0.328 e. The molecule has 0 heterocycles. The lowest BCUT2D eigenvalue weighted by atomic mass is 10.2. The summed E-state index contributed by atoms with van der Waals surface area (Å²) in [5.41, 5.74) is 4.01. The van der Waals surface area contributed by atoms with E-state index in [2.05, 4.69) is 0 Å². The first-order chi connectivity index (χ1) is 8.75. The predicted molar refractivity (Wildman–Crippen MR) is 57.7 cm³/mol. The van der Waals surface area contributed by atoms with Gasteiger partial charge in [-0.1, -0.05) is 0 Å². The Morgan fingerprint density at radius 1 is 1.05 bits per heavy atom. The van der Waals surface area contributed by atoms with E-state index in [1.54, 1.807) is 12.2 Å². The number of carbonyl (C=O) groups is 1. The van der Waals surface area contributed by atoms with Crippen LogP contribution in [0, 0.1) is 29.1 Å². The number of halogens is 5. The maximum atomic E-state index is 13.2. The van der Waals surface area contributed by atoms with Gasteiger partial charge in [0, 0.05) is 12.5 Å². The highest BCUT2D eigenvalue weighted by Gasteiger charge is 2.26. The molecule has 1 unspecified atom stereocenters. The molecule has 1 aromatic rings. The number of hydrogen-bond donors (Lipinski definition) is 2. The minimum atomic E-state index is -2.27. The van der Waals surface area contributed by atoms with E-state index in [4.69, 9.17) is 5.73 Å². The monoisotopic (exact) mass is 282 g/mol. The molecule has 1 rings (SSSR count). The van der Waals surface area contributed by atoms with Gasteiger partial charge in [-0.25, -0.2) is 22.0 Å². The van der Waals surface area contributed by atoms with Gasteiger partial charge in [-0.3, -0.25) is 4.79 Å². The summed E-state index contributed by atoms with van der Waals surface area (Å²) >= 11 is 0. The van der Waals surface area contributed by atoms with Crippen molar-refractivity contribution in [3.05, 3.63) is 29.1 Å². The molecule has 1 amide bonds. The van der Waals surface area contributed by atoms with Gasteiger partial charge < -0.3 is 11.1 Å². The highest BCUT2D eigenvalue weighted by atomic mass is 19.2. The molecule has 0 aliphatic rings. The highest BCUT2D eigenvalue weighted by molar-refractivity contribution is 5.91. The van der Waals surface area contributed by atoms with E-state index in [-0.39, 0.29) is 18.9 Å². The Morgan fingerprint density at radius 3 is 1.89 bits per heavy atom. The molecule has 1 aromatic carbocycles. The Balaban J connectivity index is 2.99. The van der Waals surface area contributed by atoms with Crippen LogP contribution in [-0.2, 0) is 4.79 Å². The number of benzene rings is 1. The molecule has 0 bridgehead atoms. The van der Waals surface area contributed by atoms with Crippen molar-refractivity contribution in [3.63, 3.8) is 0 Å². The van der Waals surface area contributed by atoms with Crippen molar-refractivity contribution in [1.82, 2.24) is 0 Å². The minimum Gasteiger partial charge on any atom is -0.328 e. The summed E-state index contributed by atoms with van der Waals surface area (Å²) in [6.07, 6.45) is 0.0123. The van der Waals surface area contributed by atoms with Crippen LogP contribution in [0.5, 0.6) is 0 Å². The van der Waals surface area contributed by atoms with E-state index in [0.29, 0.717) is 0 Å². The average molecular weight is 282 g/mol. The lowest BCUT2D eigenvalue weighted by Gasteiger charge is -2.10. The second-order valence-corrected chi connectivity index (χ2v) is 4.01. The minimum absolute atomic E-state index is 0.197. The second kappa shape index (κ2) is 5.96. The molecule has 0 spiro atoms. The fourth-order valence-electron chi connectivity index (χ4n) is 1.28. The van der Waals surface area contributed by atoms with E-state index < -0.39 is 40.7 Å². The van der Waals surface area contributed by atoms with Gasteiger partial charge in [-0.2, -0.15) is 0 Å². The van der Waals surface area contributed by atoms with Gasteiger partial charge >= 0.3 is 0 Å². The summed E-state index contributed by atoms with van der Waals surface area (Å²) in [5, 5.41) is 1.65. The van der Waals surface area contributed by atoms with Crippen molar-refractivity contribution in [3.8, 4) is 0 Å². The van der Waals surface area contributed by atoms with Crippen LogP contribution in [0.3, 0.4) is 0 Å². The van der Waals surface area contributed by atoms with Crippen LogP contribution >= 0.6 is 0 Å². The zero-order valence-electron chi connectivity index (χ0n) is 9.87. The zero-order valence-corrected chi connectivity index (χ0v) is 9.87. The molecule has 3 nitrogen and oxygen atoms in total. The lowest BCUT2D eigenvalue weighted by Crippen LogP contribution is -2.21. The lowest BCUT2D eigenvalue weighted by molar-refractivity contribution is -0.116. The summed E-state index contributed by atoms with van der Waals surface area (Å²) in [4.78, 5) is 11.3. The third kappa shape index (κ3) is 3.40. The molecule has 19 heavy (non-hydrogen) atoms. The van der Waals surface area contributed by atoms with Crippen LogP contribution in [0.2, 0.25) is 0 Å². The van der Waals surface area contributed by atoms with E-state index in [0.717, 1.165) is 0 Å². The molecule has 3 N–H and O–H groups in total. The van der Waals surface area contributed by atoms with Gasteiger partial charge in [-0.05, 0) is 13.3 Å². The van der Waals surface area contributed by atoms with E-state index in [1.807, 2.05) is 0 Å².